The van der Waals surface area contributed by atoms with Crippen molar-refractivity contribution >= 4 is 5.82 Å². The number of nitrogens with one attached hydrogen (secondary N) is 1. The molecule has 2 heterocycles. The fourth-order valence-corrected chi connectivity index (χ4v) is 3.01. The summed E-state index contributed by atoms with van der Waals surface area (Å²) in [5.41, 5.74) is 3.83. The zero-order valence-electron chi connectivity index (χ0n) is 13.5. The van der Waals surface area contributed by atoms with Crippen molar-refractivity contribution in [2.45, 2.75) is 32.6 Å². The molecule has 5 nitrogen and oxygen atoms in total. The molecule has 0 atom stereocenters. The van der Waals surface area contributed by atoms with Crippen molar-refractivity contribution < 1.29 is 4.74 Å². The topological polar surface area (TPSA) is 62.9 Å². The van der Waals surface area contributed by atoms with Crippen molar-refractivity contribution in [1.82, 2.24) is 9.78 Å². The van der Waals surface area contributed by atoms with E-state index in [4.69, 9.17) is 9.84 Å². The Bertz CT molecular complexity index is 714. The normalized spacial score (nSPS) is 13.7. The van der Waals surface area contributed by atoms with Gasteiger partial charge in [0.2, 0.25) is 0 Å². The number of para-hydroxylation sites is 1. The number of fused-ring (bicyclic) bond motifs is 1. The molecule has 0 saturated heterocycles. The number of rotatable bonds is 5. The number of ether oxygens (including phenoxy) is 1. The molecule has 0 radical (unpaired) electrons. The first-order valence-corrected chi connectivity index (χ1v) is 8.27. The van der Waals surface area contributed by atoms with Gasteiger partial charge in [0.25, 0.3) is 0 Å². The van der Waals surface area contributed by atoms with E-state index in [0.717, 1.165) is 56.0 Å². The molecule has 1 aromatic carbocycles. The molecule has 1 aromatic heterocycles. The van der Waals surface area contributed by atoms with Gasteiger partial charge in [-0.05, 0) is 38.3 Å². The molecule has 23 heavy (non-hydrogen) atoms. The van der Waals surface area contributed by atoms with Crippen LogP contribution in [-0.2, 0) is 17.6 Å². The third-order valence-corrected chi connectivity index (χ3v) is 4.15. The van der Waals surface area contributed by atoms with E-state index in [-0.39, 0.29) is 0 Å². The van der Waals surface area contributed by atoms with Crippen LogP contribution in [0.3, 0.4) is 0 Å². The molecular weight excluding hydrogens is 288 g/mol. The number of aromatic nitrogens is 2. The summed E-state index contributed by atoms with van der Waals surface area (Å²) in [5, 5.41) is 17.7. The van der Waals surface area contributed by atoms with Gasteiger partial charge in [0.05, 0.1) is 23.6 Å². The second-order valence-corrected chi connectivity index (χ2v) is 5.65. The van der Waals surface area contributed by atoms with Gasteiger partial charge < -0.3 is 10.1 Å². The molecule has 0 bridgehead atoms. The minimum absolute atomic E-state index is 0.639. The zero-order valence-corrected chi connectivity index (χ0v) is 13.5. The van der Waals surface area contributed by atoms with E-state index >= 15 is 0 Å². The average Bonchev–Trinajstić information content (AvgIpc) is 2.76. The lowest BCUT2D eigenvalue weighted by atomic mass is 10.1. The number of benzene rings is 1. The Balaban J connectivity index is 2.04. The van der Waals surface area contributed by atoms with Gasteiger partial charge in [-0.3, -0.25) is 0 Å². The Kier molecular flexibility index (Phi) is 4.94. The first kappa shape index (κ1) is 15.6. The molecule has 2 aromatic rings. The van der Waals surface area contributed by atoms with Crippen LogP contribution in [0.1, 0.15) is 36.6 Å². The maximum atomic E-state index is 9.39. The molecule has 1 aliphatic rings. The van der Waals surface area contributed by atoms with Crippen LogP contribution in [0.5, 0.6) is 0 Å². The van der Waals surface area contributed by atoms with Crippen LogP contribution in [0.2, 0.25) is 0 Å². The van der Waals surface area contributed by atoms with Gasteiger partial charge in [-0.1, -0.05) is 12.1 Å². The third-order valence-electron chi connectivity index (χ3n) is 4.15. The van der Waals surface area contributed by atoms with E-state index < -0.39 is 0 Å². The zero-order chi connectivity index (χ0) is 16.1. The monoisotopic (exact) mass is 310 g/mol. The highest BCUT2D eigenvalue weighted by Gasteiger charge is 2.21. The standard InChI is InChI=1S/C18H22N4O/c1-2-23-12-10-16-15-8-5-6-11-20-18(15)22(21-16)17-9-4-3-7-14(17)13-19/h3-4,7,9,20H,2,5-6,8,10-12H2,1H3. The first-order valence-electron chi connectivity index (χ1n) is 8.27. The van der Waals surface area contributed by atoms with Gasteiger partial charge in [-0.2, -0.15) is 10.4 Å². The number of hydrogen-bond acceptors (Lipinski definition) is 4. The van der Waals surface area contributed by atoms with Crippen LogP contribution in [0.15, 0.2) is 24.3 Å². The van der Waals surface area contributed by atoms with Crippen LogP contribution in [-0.4, -0.2) is 29.5 Å². The molecule has 0 amide bonds. The van der Waals surface area contributed by atoms with E-state index in [1.165, 1.54) is 5.56 Å². The van der Waals surface area contributed by atoms with Gasteiger partial charge >= 0.3 is 0 Å². The summed E-state index contributed by atoms with van der Waals surface area (Å²) < 4.78 is 7.40. The maximum absolute atomic E-state index is 9.39. The lowest BCUT2D eigenvalue weighted by Crippen LogP contribution is -2.08. The number of nitrogens with zero attached hydrogens (tertiary/aromatic N) is 3. The predicted octanol–water partition coefficient (Wildman–Crippen LogP) is 3.07. The van der Waals surface area contributed by atoms with Crippen LogP contribution < -0.4 is 5.32 Å². The average molecular weight is 310 g/mol. The molecule has 0 saturated carbocycles. The smallest absolute Gasteiger partial charge is 0.133 e. The minimum atomic E-state index is 0.639. The van der Waals surface area contributed by atoms with Gasteiger partial charge in [0, 0.05) is 25.1 Å². The number of anilines is 1. The second-order valence-electron chi connectivity index (χ2n) is 5.65. The molecule has 0 unspecified atom stereocenters. The van der Waals surface area contributed by atoms with Crippen molar-refractivity contribution in [2.75, 3.05) is 25.1 Å². The summed E-state index contributed by atoms with van der Waals surface area (Å²) in [6.07, 6.45) is 4.14. The van der Waals surface area contributed by atoms with Crippen LogP contribution in [0, 0.1) is 11.3 Å². The maximum Gasteiger partial charge on any atom is 0.133 e. The Morgan fingerprint density at radius 3 is 3.04 bits per heavy atom. The fourth-order valence-electron chi connectivity index (χ4n) is 3.01. The van der Waals surface area contributed by atoms with Gasteiger partial charge in [-0.15, -0.1) is 0 Å². The molecule has 5 heteroatoms. The van der Waals surface area contributed by atoms with Crippen molar-refractivity contribution in [1.29, 1.82) is 5.26 Å². The Morgan fingerprint density at radius 1 is 1.35 bits per heavy atom. The fraction of sp³-hybridized carbons (Fsp3) is 0.444. The van der Waals surface area contributed by atoms with E-state index in [1.54, 1.807) is 0 Å². The number of hydrogen-bond donors (Lipinski definition) is 1. The Morgan fingerprint density at radius 2 is 2.22 bits per heavy atom. The van der Waals surface area contributed by atoms with Crippen molar-refractivity contribution in [2.24, 2.45) is 0 Å². The quantitative estimate of drug-likeness (QED) is 0.862. The third kappa shape index (κ3) is 3.22. The van der Waals surface area contributed by atoms with E-state index in [9.17, 15) is 5.26 Å². The van der Waals surface area contributed by atoms with E-state index in [1.807, 2.05) is 35.9 Å². The highest BCUT2D eigenvalue weighted by Crippen LogP contribution is 2.29. The summed E-state index contributed by atoms with van der Waals surface area (Å²) in [6.45, 7) is 4.35. The van der Waals surface area contributed by atoms with Crippen LogP contribution in [0.4, 0.5) is 5.82 Å². The Labute approximate surface area is 136 Å². The number of nitriles is 1. The Hall–Kier alpha value is -2.32. The van der Waals surface area contributed by atoms with Gasteiger partial charge in [-0.25, -0.2) is 4.68 Å². The first-order chi connectivity index (χ1) is 11.3. The minimum Gasteiger partial charge on any atom is -0.381 e. The molecule has 0 aliphatic carbocycles. The lowest BCUT2D eigenvalue weighted by Gasteiger charge is -2.10. The van der Waals surface area contributed by atoms with Crippen molar-refractivity contribution in [3.8, 4) is 11.8 Å². The van der Waals surface area contributed by atoms with E-state index in [0.29, 0.717) is 12.2 Å². The second kappa shape index (κ2) is 7.30. The summed E-state index contributed by atoms with van der Waals surface area (Å²) in [7, 11) is 0. The van der Waals surface area contributed by atoms with E-state index in [2.05, 4.69) is 11.4 Å². The molecule has 1 aliphatic heterocycles. The highest BCUT2D eigenvalue weighted by atomic mass is 16.5. The summed E-state index contributed by atoms with van der Waals surface area (Å²) in [6, 6.07) is 9.88. The SMILES string of the molecule is CCOCCc1nn(-c2ccccc2C#N)c2c1CCCCN2. The largest absolute Gasteiger partial charge is 0.381 e. The molecule has 120 valence electrons. The molecular formula is C18H22N4O. The van der Waals surface area contributed by atoms with Crippen molar-refractivity contribution in [3.05, 3.63) is 41.1 Å². The van der Waals surface area contributed by atoms with Gasteiger partial charge in [0.1, 0.15) is 11.9 Å². The lowest BCUT2D eigenvalue weighted by molar-refractivity contribution is 0.150. The van der Waals surface area contributed by atoms with Crippen molar-refractivity contribution in [3.63, 3.8) is 0 Å². The van der Waals surface area contributed by atoms with Gasteiger partial charge in [0.15, 0.2) is 0 Å². The predicted molar refractivity (Wildman–Crippen MR) is 89.9 cm³/mol. The van der Waals surface area contributed by atoms with Crippen LogP contribution in [0.25, 0.3) is 5.69 Å². The molecule has 0 fully saturated rings. The highest BCUT2D eigenvalue weighted by molar-refractivity contribution is 5.58. The molecule has 1 N–H and O–H groups in total. The summed E-state index contributed by atoms with van der Waals surface area (Å²) >= 11 is 0. The molecule has 3 rings (SSSR count). The van der Waals surface area contributed by atoms with Crippen LogP contribution >= 0.6 is 0 Å². The molecule has 0 spiro atoms. The summed E-state index contributed by atoms with van der Waals surface area (Å²) in [5.74, 6) is 1.04. The summed E-state index contributed by atoms with van der Waals surface area (Å²) in [4.78, 5) is 0.